The van der Waals surface area contributed by atoms with Crippen LogP contribution in [-0.2, 0) is 31.2 Å². The highest BCUT2D eigenvalue weighted by Crippen LogP contribution is 2.24. The van der Waals surface area contributed by atoms with E-state index in [-0.39, 0.29) is 17.4 Å². The number of hydrogen-bond donors (Lipinski definition) is 1. The third-order valence-electron chi connectivity index (χ3n) is 4.20. The maximum atomic E-state index is 12.7. The number of methoxy groups -OCH3 is 1. The number of benzene rings is 1. The fourth-order valence-corrected chi connectivity index (χ4v) is 4.79. The fraction of sp³-hybridized carbons (Fsp3) is 0.500. The Balaban J connectivity index is 1.99. The van der Waals surface area contributed by atoms with Crippen LogP contribution >= 0.6 is 0 Å². The van der Waals surface area contributed by atoms with Crippen LogP contribution in [0.4, 0.5) is 0 Å². The minimum Gasteiger partial charge on any atom is -0.384 e. The highest BCUT2D eigenvalue weighted by molar-refractivity contribution is 7.92. The van der Waals surface area contributed by atoms with Crippen molar-refractivity contribution >= 4 is 20.0 Å². The molecule has 2 rings (SSSR count). The van der Waals surface area contributed by atoms with Gasteiger partial charge in [-0.05, 0) is 36.5 Å². The molecule has 9 heteroatoms. The molecule has 1 aromatic carbocycles. The van der Waals surface area contributed by atoms with E-state index in [1.807, 2.05) is 0 Å². The van der Waals surface area contributed by atoms with Gasteiger partial charge in [-0.1, -0.05) is 18.7 Å². The minimum atomic E-state index is -3.56. The average Bonchev–Trinajstić information content (AvgIpc) is 3.08. The molecular weight excluding hydrogens is 364 g/mol. The maximum absolute atomic E-state index is 12.7. The number of rotatable bonds is 9. The Labute approximate surface area is 149 Å². The van der Waals surface area contributed by atoms with Crippen LogP contribution in [0.1, 0.15) is 12.0 Å². The third-order valence-corrected chi connectivity index (χ3v) is 7.08. The normalized spacial score (nSPS) is 19.2. The van der Waals surface area contributed by atoms with E-state index in [2.05, 4.69) is 11.3 Å². The lowest BCUT2D eigenvalue weighted by Gasteiger charge is -2.17. The van der Waals surface area contributed by atoms with Gasteiger partial charge in [-0.3, -0.25) is 0 Å². The Morgan fingerprint density at radius 1 is 1.28 bits per heavy atom. The first-order valence-corrected chi connectivity index (χ1v) is 11.0. The van der Waals surface area contributed by atoms with Crippen LogP contribution in [0.25, 0.3) is 0 Å². The summed E-state index contributed by atoms with van der Waals surface area (Å²) in [6.07, 6.45) is 1.34. The van der Waals surface area contributed by atoms with Gasteiger partial charge in [0.25, 0.3) is 0 Å². The first-order valence-electron chi connectivity index (χ1n) is 7.98. The zero-order chi connectivity index (χ0) is 18.5. The fourth-order valence-electron chi connectivity index (χ4n) is 2.67. The Bertz CT molecular complexity index is 788. The summed E-state index contributed by atoms with van der Waals surface area (Å²) in [6.45, 7) is 4.70. The molecule has 0 aromatic heterocycles. The smallest absolute Gasteiger partial charge is 0.243 e. The molecule has 1 aliphatic rings. The van der Waals surface area contributed by atoms with Crippen LogP contribution in [-0.4, -0.2) is 54.5 Å². The second-order valence-corrected chi connectivity index (χ2v) is 9.61. The molecule has 0 saturated carbocycles. The second-order valence-electron chi connectivity index (χ2n) is 5.96. The molecule has 0 spiro atoms. The number of ether oxygens (including phenoxy) is 1. The Morgan fingerprint density at radius 3 is 2.56 bits per heavy atom. The van der Waals surface area contributed by atoms with Crippen LogP contribution in [0.3, 0.4) is 0 Å². The van der Waals surface area contributed by atoms with Gasteiger partial charge in [0.1, 0.15) is 0 Å². The summed E-state index contributed by atoms with van der Waals surface area (Å²) in [5, 5.41) is 0.849. The van der Waals surface area contributed by atoms with Crippen molar-refractivity contribution in [3.8, 4) is 0 Å². The Morgan fingerprint density at radius 2 is 1.96 bits per heavy atom. The molecule has 1 aromatic rings. The molecule has 1 atom stereocenters. The SMILES string of the molecule is C=CS(=O)(=O)NC[C@H]1CCN(S(=O)(=O)c2ccc(CCOC)cc2)C1. The lowest BCUT2D eigenvalue weighted by atomic mass is 10.1. The van der Waals surface area contributed by atoms with E-state index < -0.39 is 20.0 Å². The summed E-state index contributed by atoms with van der Waals surface area (Å²) < 4.78 is 57.0. The van der Waals surface area contributed by atoms with Crippen molar-refractivity contribution in [2.45, 2.75) is 17.7 Å². The Kier molecular flexibility index (Phi) is 6.75. The summed E-state index contributed by atoms with van der Waals surface area (Å²) in [5.41, 5.74) is 1.01. The van der Waals surface area contributed by atoms with Gasteiger partial charge in [-0.15, -0.1) is 0 Å². The molecule has 140 valence electrons. The number of sulfonamides is 2. The molecule has 1 fully saturated rings. The monoisotopic (exact) mass is 388 g/mol. The van der Waals surface area contributed by atoms with E-state index in [1.165, 1.54) is 4.31 Å². The lowest BCUT2D eigenvalue weighted by Crippen LogP contribution is -2.32. The molecule has 7 nitrogen and oxygen atoms in total. The highest BCUT2D eigenvalue weighted by atomic mass is 32.2. The molecule has 1 aliphatic heterocycles. The van der Waals surface area contributed by atoms with Gasteiger partial charge in [0, 0.05) is 32.2 Å². The summed E-state index contributed by atoms with van der Waals surface area (Å²) in [7, 11) is -5.43. The zero-order valence-corrected chi connectivity index (χ0v) is 15.9. The summed E-state index contributed by atoms with van der Waals surface area (Å²) in [6, 6.07) is 6.79. The second kappa shape index (κ2) is 8.41. The van der Waals surface area contributed by atoms with Crippen LogP contribution in [0.2, 0.25) is 0 Å². The molecule has 25 heavy (non-hydrogen) atoms. The van der Waals surface area contributed by atoms with Crippen molar-refractivity contribution in [1.29, 1.82) is 0 Å². The van der Waals surface area contributed by atoms with Crippen molar-refractivity contribution < 1.29 is 21.6 Å². The zero-order valence-electron chi connectivity index (χ0n) is 14.2. The van der Waals surface area contributed by atoms with Gasteiger partial charge in [0.15, 0.2) is 0 Å². The molecule has 0 unspecified atom stereocenters. The van der Waals surface area contributed by atoms with Crippen molar-refractivity contribution in [3.05, 3.63) is 41.8 Å². The van der Waals surface area contributed by atoms with Gasteiger partial charge >= 0.3 is 0 Å². The maximum Gasteiger partial charge on any atom is 0.243 e. The lowest BCUT2D eigenvalue weighted by molar-refractivity contribution is 0.202. The van der Waals surface area contributed by atoms with Gasteiger partial charge < -0.3 is 4.74 Å². The summed E-state index contributed by atoms with van der Waals surface area (Å²) in [4.78, 5) is 0.251. The topological polar surface area (TPSA) is 92.8 Å². The van der Waals surface area contributed by atoms with Gasteiger partial charge in [-0.2, -0.15) is 4.31 Å². The molecule has 0 bridgehead atoms. The molecule has 1 saturated heterocycles. The van der Waals surface area contributed by atoms with Crippen molar-refractivity contribution in [1.82, 2.24) is 9.03 Å². The molecule has 1 N–H and O–H groups in total. The van der Waals surface area contributed by atoms with E-state index in [0.29, 0.717) is 26.1 Å². The number of nitrogens with one attached hydrogen (secondary N) is 1. The van der Waals surface area contributed by atoms with Crippen LogP contribution < -0.4 is 4.72 Å². The first kappa shape index (κ1) is 20.1. The minimum absolute atomic E-state index is 0.0505. The largest absolute Gasteiger partial charge is 0.384 e. The highest BCUT2D eigenvalue weighted by Gasteiger charge is 2.32. The average molecular weight is 389 g/mol. The van der Waals surface area contributed by atoms with E-state index in [0.717, 1.165) is 17.4 Å². The van der Waals surface area contributed by atoms with E-state index in [1.54, 1.807) is 31.4 Å². The predicted molar refractivity (Wildman–Crippen MR) is 96.0 cm³/mol. The predicted octanol–water partition coefficient (Wildman–Crippen LogP) is 0.949. The standard InChI is InChI=1S/C16H24N2O5S2/c1-3-24(19,20)17-12-15-8-10-18(13-15)25(21,22)16-6-4-14(5-7-16)9-11-23-2/h3-7,15,17H,1,8-13H2,2H3/t15-/m1/s1. The van der Waals surface area contributed by atoms with Gasteiger partial charge in [0.2, 0.25) is 20.0 Å². The first-order chi connectivity index (χ1) is 11.8. The van der Waals surface area contributed by atoms with E-state index in [9.17, 15) is 16.8 Å². The Hall–Kier alpha value is -1.26. The third kappa shape index (κ3) is 5.35. The number of hydrogen-bond acceptors (Lipinski definition) is 5. The van der Waals surface area contributed by atoms with Gasteiger partial charge in [-0.25, -0.2) is 21.6 Å². The van der Waals surface area contributed by atoms with Crippen LogP contribution in [0, 0.1) is 5.92 Å². The van der Waals surface area contributed by atoms with E-state index in [4.69, 9.17) is 4.74 Å². The van der Waals surface area contributed by atoms with Gasteiger partial charge in [0.05, 0.1) is 11.5 Å². The van der Waals surface area contributed by atoms with Crippen LogP contribution in [0.15, 0.2) is 41.1 Å². The molecule has 0 radical (unpaired) electrons. The van der Waals surface area contributed by atoms with Crippen LogP contribution in [0.5, 0.6) is 0 Å². The molecule has 0 aliphatic carbocycles. The quantitative estimate of drug-likeness (QED) is 0.680. The molecular formula is C16H24N2O5S2. The molecule has 1 heterocycles. The van der Waals surface area contributed by atoms with Crippen molar-refractivity contribution in [2.75, 3.05) is 33.4 Å². The van der Waals surface area contributed by atoms with Crippen molar-refractivity contribution in [3.63, 3.8) is 0 Å². The van der Waals surface area contributed by atoms with Crippen molar-refractivity contribution in [2.24, 2.45) is 5.92 Å². The van der Waals surface area contributed by atoms with E-state index >= 15 is 0 Å². The number of nitrogens with zero attached hydrogens (tertiary/aromatic N) is 1. The summed E-state index contributed by atoms with van der Waals surface area (Å²) in [5.74, 6) is -0.0505. The molecule has 0 amide bonds. The summed E-state index contributed by atoms with van der Waals surface area (Å²) >= 11 is 0.